The third kappa shape index (κ3) is 4.32. The van der Waals surface area contributed by atoms with E-state index in [4.69, 9.17) is 16.9 Å². The third-order valence-electron chi connectivity index (χ3n) is 4.79. The molecule has 7 heteroatoms. The van der Waals surface area contributed by atoms with Gasteiger partial charge >= 0.3 is 0 Å². The molecule has 1 N–H and O–H groups in total. The number of carbonyl (C=O) groups excluding carboxylic acids is 1. The van der Waals surface area contributed by atoms with Crippen molar-refractivity contribution >= 4 is 23.2 Å². The predicted octanol–water partition coefficient (Wildman–Crippen LogP) is 3.55. The molecule has 6 nitrogen and oxygen atoms in total. The van der Waals surface area contributed by atoms with Crippen molar-refractivity contribution in [3.63, 3.8) is 0 Å². The molecule has 0 bridgehead atoms. The summed E-state index contributed by atoms with van der Waals surface area (Å²) in [6, 6.07) is 9.78. The van der Waals surface area contributed by atoms with Gasteiger partial charge in [-0.3, -0.25) is 4.79 Å². The first-order valence-electron chi connectivity index (χ1n) is 9.16. The number of hydrogen-bond donors (Lipinski definition) is 1. The van der Waals surface area contributed by atoms with Crippen molar-refractivity contribution in [2.24, 2.45) is 0 Å². The summed E-state index contributed by atoms with van der Waals surface area (Å²) in [7, 11) is 0. The van der Waals surface area contributed by atoms with Crippen LogP contribution in [0.1, 0.15) is 41.4 Å². The van der Waals surface area contributed by atoms with Gasteiger partial charge < -0.3 is 5.32 Å². The summed E-state index contributed by atoms with van der Waals surface area (Å²) in [5.41, 5.74) is 4.86. The molecule has 2 aromatic heterocycles. The van der Waals surface area contributed by atoms with Crippen molar-refractivity contribution < 1.29 is 4.79 Å². The zero-order valence-electron chi connectivity index (χ0n) is 16.2. The Hall–Kier alpha value is -2.91. The number of benzene rings is 1. The Kier molecular flexibility index (Phi) is 5.96. The average Bonchev–Trinajstić information content (AvgIpc) is 3.06. The second kappa shape index (κ2) is 8.41. The maximum absolute atomic E-state index is 12.4. The van der Waals surface area contributed by atoms with Crippen LogP contribution >= 0.6 is 11.6 Å². The van der Waals surface area contributed by atoms with E-state index in [2.05, 4.69) is 21.5 Å². The zero-order chi connectivity index (χ0) is 20.3. The molecule has 0 saturated carbocycles. The molecule has 3 aromatic rings. The van der Waals surface area contributed by atoms with Gasteiger partial charge in [0.1, 0.15) is 11.6 Å². The van der Waals surface area contributed by atoms with E-state index in [1.54, 1.807) is 4.52 Å². The first-order chi connectivity index (χ1) is 13.4. The van der Waals surface area contributed by atoms with Gasteiger partial charge in [0.15, 0.2) is 5.65 Å². The molecule has 0 spiro atoms. The van der Waals surface area contributed by atoms with E-state index in [1.807, 2.05) is 45.0 Å². The number of hydrogen-bond acceptors (Lipinski definition) is 4. The number of rotatable bonds is 6. The van der Waals surface area contributed by atoms with Crippen LogP contribution in [-0.4, -0.2) is 26.5 Å². The monoisotopic (exact) mass is 395 g/mol. The second-order valence-corrected chi connectivity index (χ2v) is 7.40. The molecule has 0 fully saturated rings. The number of nitrogens with one attached hydrogen (secondary N) is 1. The van der Waals surface area contributed by atoms with E-state index in [0.717, 1.165) is 28.9 Å². The largest absolute Gasteiger partial charge is 0.353 e. The van der Waals surface area contributed by atoms with Crippen LogP contribution in [0, 0.1) is 25.2 Å². The minimum atomic E-state index is -0.00135. The van der Waals surface area contributed by atoms with Gasteiger partial charge in [-0.1, -0.05) is 23.7 Å². The molecule has 1 aromatic carbocycles. The van der Waals surface area contributed by atoms with Gasteiger partial charge in [-0.25, -0.2) is 9.50 Å². The van der Waals surface area contributed by atoms with Gasteiger partial charge in [0, 0.05) is 28.9 Å². The SMILES string of the molecule is Cc1nc2c(C#N)cnn2c(C)c1CCC(=O)N[C@H](C)Cc1ccc(Cl)cc1. The quantitative estimate of drug-likeness (QED) is 0.691. The fourth-order valence-corrected chi connectivity index (χ4v) is 3.49. The van der Waals surface area contributed by atoms with Crippen molar-refractivity contribution in [3.05, 3.63) is 63.6 Å². The summed E-state index contributed by atoms with van der Waals surface area (Å²) < 4.78 is 1.67. The van der Waals surface area contributed by atoms with E-state index in [-0.39, 0.29) is 11.9 Å². The van der Waals surface area contributed by atoms with Gasteiger partial charge in [-0.05, 0) is 56.9 Å². The van der Waals surface area contributed by atoms with Gasteiger partial charge in [0.25, 0.3) is 0 Å². The standard InChI is InChI=1S/C21H22ClN5O/c1-13(10-16-4-6-18(22)7-5-16)25-20(28)9-8-19-14(2)26-21-17(11-23)12-24-27(21)15(19)3/h4-7,12-13H,8-10H2,1-3H3,(H,25,28)/t13-/m1/s1. The van der Waals surface area contributed by atoms with Gasteiger partial charge in [0.05, 0.1) is 6.20 Å². The molecule has 2 heterocycles. The van der Waals surface area contributed by atoms with Crippen LogP contribution < -0.4 is 5.32 Å². The minimum absolute atomic E-state index is 0.00135. The molecule has 144 valence electrons. The van der Waals surface area contributed by atoms with E-state index in [0.29, 0.717) is 29.1 Å². The number of aryl methyl sites for hydroxylation is 2. The van der Waals surface area contributed by atoms with Crippen LogP contribution in [0.15, 0.2) is 30.5 Å². The first-order valence-corrected chi connectivity index (χ1v) is 9.54. The van der Waals surface area contributed by atoms with Gasteiger partial charge in [0.2, 0.25) is 5.91 Å². The highest BCUT2D eigenvalue weighted by molar-refractivity contribution is 6.30. The number of amides is 1. The Bertz CT molecular complexity index is 1050. The topological polar surface area (TPSA) is 83.1 Å². The highest BCUT2D eigenvalue weighted by Gasteiger charge is 2.15. The molecule has 0 saturated heterocycles. The molecule has 1 atom stereocenters. The number of nitriles is 1. The summed E-state index contributed by atoms with van der Waals surface area (Å²) in [6.07, 6.45) is 3.20. The molecule has 0 radical (unpaired) electrons. The first kappa shape index (κ1) is 19.8. The highest BCUT2D eigenvalue weighted by Crippen LogP contribution is 2.18. The summed E-state index contributed by atoms with van der Waals surface area (Å²) >= 11 is 5.91. The number of aromatic nitrogens is 3. The molecule has 3 rings (SSSR count). The van der Waals surface area contributed by atoms with Crippen LogP contribution in [-0.2, 0) is 17.6 Å². The molecular weight excluding hydrogens is 374 g/mol. The third-order valence-corrected chi connectivity index (χ3v) is 5.05. The molecule has 0 unspecified atom stereocenters. The Morgan fingerprint density at radius 2 is 2.04 bits per heavy atom. The van der Waals surface area contributed by atoms with Crippen molar-refractivity contribution in [1.29, 1.82) is 5.26 Å². The molecule has 0 aliphatic carbocycles. The molecule has 28 heavy (non-hydrogen) atoms. The summed E-state index contributed by atoms with van der Waals surface area (Å²) in [5, 5.41) is 17.1. The Labute approximate surface area is 169 Å². The number of halogens is 1. The second-order valence-electron chi connectivity index (χ2n) is 6.97. The van der Waals surface area contributed by atoms with E-state index in [9.17, 15) is 4.79 Å². The average molecular weight is 396 g/mol. The van der Waals surface area contributed by atoms with Crippen LogP contribution in [0.3, 0.4) is 0 Å². The highest BCUT2D eigenvalue weighted by atomic mass is 35.5. The van der Waals surface area contributed by atoms with E-state index in [1.165, 1.54) is 6.20 Å². The minimum Gasteiger partial charge on any atom is -0.353 e. The number of carbonyl (C=O) groups is 1. The Morgan fingerprint density at radius 3 is 2.71 bits per heavy atom. The van der Waals surface area contributed by atoms with E-state index < -0.39 is 0 Å². The summed E-state index contributed by atoms with van der Waals surface area (Å²) in [4.78, 5) is 16.9. The van der Waals surface area contributed by atoms with Crippen molar-refractivity contribution in [1.82, 2.24) is 19.9 Å². The zero-order valence-corrected chi connectivity index (χ0v) is 16.9. The molecule has 0 aliphatic heterocycles. The van der Waals surface area contributed by atoms with Crippen molar-refractivity contribution in [2.75, 3.05) is 0 Å². The van der Waals surface area contributed by atoms with Gasteiger partial charge in [-0.2, -0.15) is 10.4 Å². The lowest BCUT2D eigenvalue weighted by molar-refractivity contribution is -0.121. The van der Waals surface area contributed by atoms with Crippen LogP contribution in [0.2, 0.25) is 5.02 Å². The molecule has 0 aliphatic rings. The van der Waals surface area contributed by atoms with Crippen molar-refractivity contribution in [2.45, 2.75) is 46.1 Å². The maximum atomic E-state index is 12.4. The van der Waals surface area contributed by atoms with Crippen LogP contribution in [0.5, 0.6) is 0 Å². The summed E-state index contributed by atoms with van der Waals surface area (Å²) in [6.45, 7) is 5.83. The number of fused-ring (bicyclic) bond motifs is 1. The fraction of sp³-hybridized carbons (Fsp3) is 0.333. The van der Waals surface area contributed by atoms with Crippen LogP contribution in [0.4, 0.5) is 0 Å². The molecule has 1 amide bonds. The number of nitrogens with zero attached hydrogens (tertiary/aromatic N) is 4. The Morgan fingerprint density at radius 1 is 1.32 bits per heavy atom. The fourth-order valence-electron chi connectivity index (χ4n) is 3.36. The summed E-state index contributed by atoms with van der Waals surface area (Å²) in [5.74, 6) is -0.00135. The molecular formula is C21H22ClN5O. The van der Waals surface area contributed by atoms with E-state index >= 15 is 0 Å². The predicted molar refractivity (Wildman–Crippen MR) is 108 cm³/mol. The normalized spacial score (nSPS) is 12.0. The smallest absolute Gasteiger partial charge is 0.220 e. The van der Waals surface area contributed by atoms with Crippen LogP contribution in [0.25, 0.3) is 5.65 Å². The van der Waals surface area contributed by atoms with Gasteiger partial charge in [-0.15, -0.1) is 0 Å². The Balaban J connectivity index is 1.62. The maximum Gasteiger partial charge on any atom is 0.220 e. The lowest BCUT2D eigenvalue weighted by Crippen LogP contribution is -2.34. The lowest BCUT2D eigenvalue weighted by atomic mass is 10.0. The van der Waals surface area contributed by atoms with Crippen molar-refractivity contribution in [3.8, 4) is 6.07 Å². The lowest BCUT2D eigenvalue weighted by Gasteiger charge is -2.15.